The van der Waals surface area contributed by atoms with Crippen molar-refractivity contribution >= 4 is 0 Å². The van der Waals surface area contributed by atoms with Crippen LogP contribution in [0.15, 0.2) is 59.4 Å². The average Bonchev–Trinajstić information content (AvgIpc) is 2.79. The van der Waals surface area contributed by atoms with E-state index in [9.17, 15) is 18.3 Å². The molecule has 1 atom stereocenters. The monoisotopic (exact) mass is 311 g/mol. The van der Waals surface area contributed by atoms with Gasteiger partial charge in [-0.25, -0.2) is 0 Å². The molecule has 3 heterocycles. The van der Waals surface area contributed by atoms with Crippen LogP contribution in [0, 0.1) is 0 Å². The van der Waals surface area contributed by atoms with Crippen molar-refractivity contribution in [3.05, 3.63) is 59.4 Å². The molecule has 0 spiro atoms. The molecule has 3 rings (SSSR count). The van der Waals surface area contributed by atoms with Crippen LogP contribution in [0.5, 0.6) is 0 Å². The van der Waals surface area contributed by atoms with Crippen molar-refractivity contribution in [3.8, 4) is 0 Å². The Labute approximate surface area is 126 Å². The SMILES string of the molecule is CN1CC=CC(C2=CN3C(C(F)(F)F)=CN(C)C3C=C2)=C1O. The summed E-state index contributed by atoms with van der Waals surface area (Å²) in [6, 6.07) is 0. The molecular weight excluding hydrogens is 295 g/mol. The summed E-state index contributed by atoms with van der Waals surface area (Å²) < 4.78 is 39.4. The van der Waals surface area contributed by atoms with Crippen LogP contribution in [-0.2, 0) is 0 Å². The average molecular weight is 311 g/mol. The molecule has 1 N–H and O–H groups in total. The van der Waals surface area contributed by atoms with Gasteiger partial charge in [0.05, 0.1) is 0 Å². The molecule has 0 radical (unpaired) electrons. The zero-order chi connectivity index (χ0) is 16.1. The third kappa shape index (κ3) is 2.26. The van der Waals surface area contributed by atoms with Crippen molar-refractivity contribution in [2.24, 2.45) is 0 Å². The molecule has 0 saturated carbocycles. The van der Waals surface area contributed by atoms with Crippen LogP contribution in [0.2, 0.25) is 0 Å². The Morgan fingerprint density at radius 2 is 1.91 bits per heavy atom. The van der Waals surface area contributed by atoms with Gasteiger partial charge in [0.25, 0.3) is 0 Å². The Hall–Kier alpha value is -2.31. The molecular formula is C15H16F3N3O. The normalized spacial score (nSPS) is 24.8. The number of allylic oxidation sites excluding steroid dienone is 5. The summed E-state index contributed by atoms with van der Waals surface area (Å²) >= 11 is 0. The quantitative estimate of drug-likeness (QED) is 0.806. The highest BCUT2D eigenvalue weighted by atomic mass is 19.4. The summed E-state index contributed by atoms with van der Waals surface area (Å²) in [4.78, 5) is 4.31. The Morgan fingerprint density at radius 3 is 2.59 bits per heavy atom. The van der Waals surface area contributed by atoms with Crippen molar-refractivity contribution < 1.29 is 18.3 Å². The predicted molar refractivity (Wildman–Crippen MR) is 76.2 cm³/mol. The predicted octanol–water partition coefficient (Wildman–Crippen LogP) is 2.69. The topological polar surface area (TPSA) is 30.0 Å². The number of rotatable bonds is 1. The first kappa shape index (κ1) is 14.6. The van der Waals surface area contributed by atoms with Crippen LogP contribution < -0.4 is 0 Å². The van der Waals surface area contributed by atoms with Crippen LogP contribution in [0.4, 0.5) is 13.2 Å². The molecule has 7 heteroatoms. The van der Waals surface area contributed by atoms with Crippen LogP contribution in [0.1, 0.15) is 0 Å². The van der Waals surface area contributed by atoms with E-state index < -0.39 is 18.0 Å². The van der Waals surface area contributed by atoms with Gasteiger partial charge in [0, 0.05) is 44.2 Å². The second-order valence-corrected chi connectivity index (χ2v) is 5.46. The maximum atomic E-state index is 13.1. The Bertz CT molecular complexity index is 643. The van der Waals surface area contributed by atoms with Gasteiger partial charge in [-0.1, -0.05) is 18.2 Å². The molecule has 0 bridgehead atoms. The zero-order valence-corrected chi connectivity index (χ0v) is 12.2. The van der Waals surface area contributed by atoms with E-state index in [2.05, 4.69) is 0 Å². The fourth-order valence-electron chi connectivity index (χ4n) is 2.73. The van der Waals surface area contributed by atoms with Gasteiger partial charge < -0.3 is 19.8 Å². The number of nitrogens with zero attached hydrogens (tertiary/aromatic N) is 3. The van der Waals surface area contributed by atoms with E-state index in [-0.39, 0.29) is 5.88 Å². The van der Waals surface area contributed by atoms with Gasteiger partial charge in [0.15, 0.2) is 5.88 Å². The molecule has 0 saturated heterocycles. The summed E-state index contributed by atoms with van der Waals surface area (Å²) in [5.74, 6) is 0.0574. The highest BCUT2D eigenvalue weighted by Gasteiger charge is 2.44. The van der Waals surface area contributed by atoms with Gasteiger partial charge in [0.1, 0.15) is 11.9 Å². The van der Waals surface area contributed by atoms with E-state index >= 15 is 0 Å². The van der Waals surface area contributed by atoms with E-state index in [1.54, 1.807) is 37.2 Å². The molecule has 0 amide bonds. The van der Waals surface area contributed by atoms with E-state index in [0.717, 1.165) is 6.20 Å². The van der Waals surface area contributed by atoms with Gasteiger partial charge in [-0.3, -0.25) is 0 Å². The first-order valence-electron chi connectivity index (χ1n) is 6.79. The van der Waals surface area contributed by atoms with E-state index in [1.165, 1.54) is 16.0 Å². The lowest BCUT2D eigenvalue weighted by Gasteiger charge is -2.32. The number of fused-ring (bicyclic) bond motifs is 1. The molecule has 3 aliphatic rings. The van der Waals surface area contributed by atoms with Crippen LogP contribution in [0.25, 0.3) is 0 Å². The highest BCUT2D eigenvalue weighted by Crippen LogP contribution is 2.38. The first-order valence-corrected chi connectivity index (χ1v) is 6.79. The molecule has 0 aromatic rings. The molecule has 118 valence electrons. The summed E-state index contributed by atoms with van der Waals surface area (Å²) in [5, 5.41) is 10.1. The van der Waals surface area contributed by atoms with Gasteiger partial charge in [-0.2, -0.15) is 13.2 Å². The lowest BCUT2D eigenvalue weighted by molar-refractivity contribution is -0.107. The molecule has 0 aromatic carbocycles. The van der Waals surface area contributed by atoms with Gasteiger partial charge in [0.2, 0.25) is 0 Å². The lowest BCUT2D eigenvalue weighted by atomic mass is 10.0. The number of alkyl halides is 3. The molecule has 1 unspecified atom stereocenters. The maximum Gasteiger partial charge on any atom is 0.432 e. The second kappa shape index (κ2) is 4.86. The molecule has 3 aliphatic heterocycles. The van der Waals surface area contributed by atoms with Crippen molar-refractivity contribution in [2.75, 3.05) is 20.6 Å². The van der Waals surface area contributed by atoms with E-state index in [0.29, 0.717) is 17.7 Å². The Kier molecular flexibility index (Phi) is 3.23. The Balaban J connectivity index is 1.99. The molecule has 0 aromatic heterocycles. The third-order valence-electron chi connectivity index (χ3n) is 3.90. The van der Waals surface area contributed by atoms with Crippen molar-refractivity contribution in [3.63, 3.8) is 0 Å². The summed E-state index contributed by atoms with van der Waals surface area (Å²) in [5.41, 5.74) is 0.344. The smallest absolute Gasteiger partial charge is 0.432 e. The van der Waals surface area contributed by atoms with Gasteiger partial charge >= 0.3 is 6.18 Å². The van der Waals surface area contributed by atoms with E-state index in [4.69, 9.17) is 0 Å². The minimum Gasteiger partial charge on any atom is -0.494 e. The number of likely N-dealkylation sites (N-methyl/N-ethyl adjacent to an activating group) is 2. The number of hydrogen-bond donors (Lipinski definition) is 1. The third-order valence-corrected chi connectivity index (χ3v) is 3.90. The van der Waals surface area contributed by atoms with Crippen molar-refractivity contribution in [2.45, 2.75) is 12.3 Å². The fourth-order valence-corrected chi connectivity index (χ4v) is 2.73. The summed E-state index contributed by atoms with van der Waals surface area (Å²) in [6.07, 6.45) is 4.61. The van der Waals surface area contributed by atoms with Gasteiger partial charge in [-0.05, 0) is 6.08 Å². The van der Waals surface area contributed by atoms with Crippen molar-refractivity contribution in [1.82, 2.24) is 14.7 Å². The number of aliphatic hydroxyl groups is 1. The maximum absolute atomic E-state index is 13.1. The minimum absolute atomic E-state index is 0.0574. The molecule has 0 fully saturated rings. The zero-order valence-electron chi connectivity index (χ0n) is 12.2. The van der Waals surface area contributed by atoms with E-state index in [1.807, 2.05) is 6.08 Å². The fraction of sp³-hybridized carbons (Fsp3) is 0.333. The Morgan fingerprint density at radius 1 is 1.18 bits per heavy atom. The molecule has 4 nitrogen and oxygen atoms in total. The number of halogens is 3. The second-order valence-electron chi connectivity index (χ2n) is 5.46. The summed E-state index contributed by atoms with van der Waals surface area (Å²) in [6.45, 7) is 0.565. The number of aliphatic hydroxyl groups excluding tert-OH is 1. The van der Waals surface area contributed by atoms with Gasteiger partial charge in [-0.15, -0.1) is 0 Å². The van der Waals surface area contributed by atoms with Crippen LogP contribution >= 0.6 is 0 Å². The van der Waals surface area contributed by atoms with Crippen LogP contribution in [-0.4, -0.2) is 52.8 Å². The highest BCUT2D eigenvalue weighted by molar-refractivity contribution is 5.51. The minimum atomic E-state index is -4.43. The standard InChI is InChI=1S/C15H16F3N3O/c1-19-7-3-4-11(14(19)22)10-5-6-13-20(2)9-12(15(16,17)18)21(13)8-10/h3-6,8-9,13,22H,7H2,1-2H3. The van der Waals surface area contributed by atoms with Crippen molar-refractivity contribution in [1.29, 1.82) is 0 Å². The molecule has 22 heavy (non-hydrogen) atoms. The molecule has 0 aliphatic carbocycles. The number of hydrogen-bond acceptors (Lipinski definition) is 4. The largest absolute Gasteiger partial charge is 0.494 e. The first-order chi connectivity index (χ1) is 10.3. The lowest BCUT2D eigenvalue weighted by Crippen LogP contribution is -2.37. The summed E-state index contributed by atoms with van der Waals surface area (Å²) in [7, 11) is 3.32. The van der Waals surface area contributed by atoms with Crippen LogP contribution in [0.3, 0.4) is 0 Å².